The van der Waals surface area contributed by atoms with Gasteiger partial charge in [-0.1, -0.05) is 18.2 Å². The lowest BCUT2D eigenvalue weighted by atomic mass is 9.91. The second-order valence-electron chi connectivity index (χ2n) is 5.07. The summed E-state index contributed by atoms with van der Waals surface area (Å²) in [7, 11) is 0. The van der Waals surface area contributed by atoms with Gasteiger partial charge in [-0.15, -0.1) is 0 Å². The fourth-order valence-corrected chi connectivity index (χ4v) is 2.52. The van der Waals surface area contributed by atoms with E-state index < -0.39 is 11.9 Å². The molecule has 2 rings (SSSR count). The number of amides is 2. The van der Waals surface area contributed by atoms with Gasteiger partial charge in [-0.25, -0.2) is 0 Å². The zero-order chi connectivity index (χ0) is 14.9. The molecule has 0 spiro atoms. The fourth-order valence-electron chi connectivity index (χ4n) is 2.52. The monoisotopic (exact) mass is 275 g/mol. The SMILES string of the molecule is Cc1cccc(C2CC(=O)N(CCC(=O)O)C2=O)c1C. The van der Waals surface area contributed by atoms with E-state index in [-0.39, 0.29) is 31.2 Å². The quantitative estimate of drug-likeness (QED) is 0.847. The minimum Gasteiger partial charge on any atom is -0.481 e. The smallest absolute Gasteiger partial charge is 0.305 e. The van der Waals surface area contributed by atoms with E-state index in [1.807, 2.05) is 32.0 Å². The first kappa shape index (κ1) is 14.2. The van der Waals surface area contributed by atoms with Gasteiger partial charge in [-0.05, 0) is 30.5 Å². The van der Waals surface area contributed by atoms with Gasteiger partial charge in [0.15, 0.2) is 0 Å². The summed E-state index contributed by atoms with van der Waals surface area (Å²) in [6.45, 7) is 3.85. The highest BCUT2D eigenvalue weighted by atomic mass is 16.4. The number of carboxylic acid groups (broad SMARTS) is 1. The van der Waals surface area contributed by atoms with Gasteiger partial charge in [-0.2, -0.15) is 0 Å². The number of hydrogen-bond donors (Lipinski definition) is 1. The molecule has 1 aliphatic heterocycles. The molecule has 1 aromatic rings. The molecule has 20 heavy (non-hydrogen) atoms. The second-order valence-corrected chi connectivity index (χ2v) is 5.07. The number of aryl methyl sites for hydroxylation is 1. The van der Waals surface area contributed by atoms with E-state index in [9.17, 15) is 14.4 Å². The third-order valence-electron chi connectivity index (χ3n) is 3.82. The van der Waals surface area contributed by atoms with Crippen molar-refractivity contribution in [2.45, 2.75) is 32.6 Å². The van der Waals surface area contributed by atoms with Gasteiger partial charge in [0.05, 0.1) is 12.3 Å². The van der Waals surface area contributed by atoms with Gasteiger partial charge < -0.3 is 5.11 Å². The Morgan fingerprint density at radius 3 is 2.70 bits per heavy atom. The number of likely N-dealkylation sites (tertiary alicyclic amines) is 1. The first-order valence-electron chi connectivity index (χ1n) is 6.54. The largest absolute Gasteiger partial charge is 0.481 e. The van der Waals surface area contributed by atoms with Crippen LogP contribution in [0.2, 0.25) is 0 Å². The van der Waals surface area contributed by atoms with E-state index in [4.69, 9.17) is 5.11 Å². The summed E-state index contributed by atoms with van der Waals surface area (Å²) < 4.78 is 0. The molecule has 1 saturated heterocycles. The second kappa shape index (κ2) is 5.45. The van der Waals surface area contributed by atoms with Gasteiger partial charge in [0.1, 0.15) is 0 Å². The molecule has 1 heterocycles. The van der Waals surface area contributed by atoms with Crippen LogP contribution in [0.1, 0.15) is 35.4 Å². The van der Waals surface area contributed by atoms with Gasteiger partial charge in [-0.3, -0.25) is 19.3 Å². The number of carbonyl (C=O) groups excluding carboxylic acids is 2. The minimum absolute atomic E-state index is 0.0473. The number of rotatable bonds is 4. The van der Waals surface area contributed by atoms with Crippen LogP contribution < -0.4 is 0 Å². The fraction of sp³-hybridized carbons (Fsp3) is 0.400. The van der Waals surface area contributed by atoms with Crippen molar-refractivity contribution in [2.75, 3.05) is 6.54 Å². The van der Waals surface area contributed by atoms with Crippen LogP contribution in [-0.2, 0) is 14.4 Å². The summed E-state index contributed by atoms with van der Waals surface area (Å²) in [6, 6.07) is 5.69. The average Bonchev–Trinajstić information content (AvgIpc) is 2.66. The molecule has 1 fully saturated rings. The normalized spacial score (nSPS) is 18.7. The Morgan fingerprint density at radius 2 is 2.05 bits per heavy atom. The lowest BCUT2D eigenvalue weighted by Gasteiger charge is -2.15. The maximum Gasteiger partial charge on any atom is 0.305 e. The lowest BCUT2D eigenvalue weighted by Crippen LogP contribution is -2.32. The number of benzene rings is 1. The molecule has 0 aromatic heterocycles. The predicted molar refractivity (Wildman–Crippen MR) is 72.2 cm³/mol. The summed E-state index contributed by atoms with van der Waals surface area (Å²) >= 11 is 0. The Kier molecular flexibility index (Phi) is 3.88. The van der Waals surface area contributed by atoms with Crippen LogP contribution in [0.25, 0.3) is 0 Å². The summed E-state index contributed by atoms with van der Waals surface area (Å²) in [6.07, 6.45) is -0.0836. The molecule has 1 atom stereocenters. The van der Waals surface area contributed by atoms with Crippen molar-refractivity contribution < 1.29 is 19.5 Å². The third-order valence-corrected chi connectivity index (χ3v) is 3.82. The molecule has 1 aliphatic rings. The van der Waals surface area contributed by atoms with Crippen LogP contribution in [0.5, 0.6) is 0 Å². The lowest BCUT2D eigenvalue weighted by molar-refractivity contribution is -0.141. The molecular formula is C15H17NO4. The maximum atomic E-state index is 12.3. The highest BCUT2D eigenvalue weighted by Gasteiger charge is 2.39. The van der Waals surface area contributed by atoms with Crippen molar-refractivity contribution in [3.63, 3.8) is 0 Å². The molecule has 5 nitrogen and oxygen atoms in total. The van der Waals surface area contributed by atoms with E-state index in [1.165, 1.54) is 0 Å². The summed E-state index contributed by atoms with van der Waals surface area (Å²) in [5, 5.41) is 8.66. The highest BCUT2D eigenvalue weighted by Crippen LogP contribution is 2.32. The molecule has 0 radical (unpaired) electrons. The molecular weight excluding hydrogens is 258 g/mol. The molecule has 1 N–H and O–H groups in total. The van der Waals surface area contributed by atoms with E-state index in [2.05, 4.69) is 0 Å². The first-order chi connectivity index (χ1) is 9.41. The van der Waals surface area contributed by atoms with Crippen molar-refractivity contribution in [3.8, 4) is 0 Å². The van der Waals surface area contributed by atoms with Crippen molar-refractivity contribution in [3.05, 3.63) is 34.9 Å². The highest BCUT2D eigenvalue weighted by molar-refractivity contribution is 6.06. The Labute approximate surface area is 117 Å². The zero-order valence-electron chi connectivity index (χ0n) is 11.5. The van der Waals surface area contributed by atoms with Crippen LogP contribution in [0.15, 0.2) is 18.2 Å². The van der Waals surface area contributed by atoms with E-state index in [0.717, 1.165) is 21.6 Å². The van der Waals surface area contributed by atoms with Gasteiger partial charge in [0, 0.05) is 13.0 Å². The van der Waals surface area contributed by atoms with E-state index >= 15 is 0 Å². The Bertz CT molecular complexity index is 579. The molecule has 106 valence electrons. The molecule has 1 aromatic carbocycles. The Hall–Kier alpha value is -2.17. The molecule has 5 heteroatoms. The van der Waals surface area contributed by atoms with Crippen LogP contribution in [0, 0.1) is 13.8 Å². The van der Waals surface area contributed by atoms with Gasteiger partial charge >= 0.3 is 5.97 Å². The Morgan fingerprint density at radius 1 is 1.35 bits per heavy atom. The van der Waals surface area contributed by atoms with Crippen molar-refractivity contribution in [1.29, 1.82) is 0 Å². The number of aliphatic carboxylic acids is 1. The third kappa shape index (κ3) is 2.57. The summed E-state index contributed by atoms with van der Waals surface area (Å²) in [4.78, 5) is 35.8. The number of nitrogens with zero attached hydrogens (tertiary/aromatic N) is 1. The van der Waals surface area contributed by atoms with Crippen LogP contribution in [-0.4, -0.2) is 34.3 Å². The number of imide groups is 1. The van der Waals surface area contributed by atoms with Crippen LogP contribution >= 0.6 is 0 Å². The van der Waals surface area contributed by atoms with Gasteiger partial charge in [0.25, 0.3) is 0 Å². The van der Waals surface area contributed by atoms with Gasteiger partial charge in [0.2, 0.25) is 11.8 Å². The standard InChI is InChI=1S/C15H17NO4/c1-9-4-3-5-11(10(9)2)12-8-13(17)16(15(12)20)7-6-14(18)19/h3-5,12H,6-8H2,1-2H3,(H,18,19). The molecule has 2 amide bonds. The van der Waals surface area contributed by atoms with E-state index in [0.29, 0.717) is 0 Å². The predicted octanol–water partition coefficient (Wildman–Crippen LogP) is 1.62. The molecule has 1 unspecified atom stereocenters. The Balaban J connectivity index is 2.23. The van der Waals surface area contributed by atoms with E-state index in [1.54, 1.807) is 0 Å². The van der Waals surface area contributed by atoms with Crippen molar-refractivity contribution in [2.24, 2.45) is 0 Å². The minimum atomic E-state index is -1.01. The average molecular weight is 275 g/mol. The maximum absolute atomic E-state index is 12.3. The van der Waals surface area contributed by atoms with Crippen LogP contribution in [0.4, 0.5) is 0 Å². The number of carboxylic acids is 1. The molecule has 0 aliphatic carbocycles. The zero-order valence-corrected chi connectivity index (χ0v) is 11.5. The van der Waals surface area contributed by atoms with Crippen molar-refractivity contribution >= 4 is 17.8 Å². The molecule has 0 saturated carbocycles. The first-order valence-corrected chi connectivity index (χ1v) is 6.54. The number of hydrogen-bond acceptors (Lipinski definition) is 3. The number of carbonyl (C=O) groups is 3. The topological polar surface area (TPSA) is 74.7 Å². The van der Waals surface area contributed by atoms with Crippen molar-refractivity contribution in [1.82, 2.24) is 4.90 Å². The molecule has 0 bridgehead atoms. The summed E-state index contributed by atoms with van der Waals surface area (Å²) in [5.41, 5.74) is 2.95. The summed E-state index contributed by atoms with van der Waals surface area (Å²) in [5.74, 6) is -2.07. The van der Waals surface area contributed by atoms with Crippen LogP contribution in [0.3, 0.4) is 0 Å².